The number of anilines is 9. The minimum Gasteiger partial charge on any atom is -0.454 e. The van der Waals surface area contributed by atoms with Crippen molar-refractivity contribution in [3.63, 3.8) is 0 Å². The highest BCUT2D eigenvalue weighted by atomic mass is 16.3. The van der Waals surface area contributed by atoms with E-state index in [1.165, 1.54) is 11.1 Å². The molecular weight excluding hydrogens is 1120 g/mol. The summed E-state index contributed by atoms with van der Waals surface area (Å²) in [6, 6.07) is 110. The maximum atomic E-state index is 7.53. The molecule has 0 radical (unpaired) electrons. The van der Waals surface area contributed by atoms with E-state index in [2.05, 4.69) is 333 Å². The minimum absolute atomic E-state index is 0.771. The minimum atomic E-state index is -1.01. The quantitative estimate of drug-likeness (QED) is 0.129. The zero-order chi connectivity index (χ0) is 61.2. The van der Waals surface area contributed by atoms with E-state index in [1.54, 1.807) is 0 Å². The SMILES string of the molecule is Cc1cccc(N(c2ccccc2)c2ccc(C3(c4cc(C)ccc4C)c4cc(N(c5ccccc5)c5cccc6c5oc5ccccc56)c5ccccc5c4-c4c3cc(N(c3ccccc3)c3cccc5c3oc3ccccc35)c3oc5ccccc5c43)cc2)c1. The second-order valence-electron chi connectivity index (χ2n) is 24.5. The van der Waals surface area contributed by atoms with Crippen molar-refractivity contribution < 1.29 is 13.3 Å². The number of fused-ring (bicyclic) bond motifs is 15. The zero-order valence-electron chi connectivity index (χ0n) is 50.9. The van der Waals surface area contributed by atoms with E-state index in [1.807, 2.05) is 6.07 Å². The van der Waals surface area contributed by atoms with Gasteiger partial charge in [0.15, 0.2) is 16.7 Å². The van der Waals surface area contributed by atoms with Crippen molar-refractivity contribution in [2.75, 3.05) is 14.7 Å². The lowest BCUT2D eigenvalue weighted by Gasteiger charge is -2.37. The van der Waals surface area contributed by atoms with Crippen LogP contribution in [0, 0.1) is 20.8 Å². The third-order valence-electron chi connectivity index (χ3n) is 19.1. The normalized spacial score (nSPS) is 13.6. The molecule has 18 rings (SSSR count). The van der Waals surface area contributed by atoms with Gasteiger partial charge in [0, 0.05) is 66.1 Å². The van der Waals surface area contributed by atoms with E-state index in [0.717, 1.165) is 167 Å². The zero-order valence-corrected chi connectivity index (χ0v) is 50.9. The molecule has 0 saturated heterocycles. The fourth-order valence-corrected chi connectivity index (χ4v) is 15.2. The van der Waals surface area contributed by atoms with Crippen molar-refractivity contribution in [3.8, 4) is 11.1 Å². The van der Waals surface area contributed by atoms with Crippen LogP contribution in [0.5, 0.6) is 0 Å². The highest BCUT2D eigenvalue weighted by Gasteiger charge is 2.50. The molecule has 1 aliphatic carbocycles. The molecule has 92 heavy (non-hydrogen) atoms. The van der Waals surface area contributed by atoms with Gasteiger partial charge in [-0.2, -0.15) is 0 Å². The van der Waals surface area contributed by atoms with Crippen LogP contribution in [0.1, 0.15) is 38.9 Å². The van der Waals surface area contributed by atoms with Gasteiger partial charge < -0.3 is 28.0 Å². The van der Waals surface area contributed by atoms with E-state index >= 15 is 0 Å². The molecule has 1 atom stereocenters. The molecule has 0 spiro atoms. The number of benzene rings is 14. The van der Waals surface area contributed by atoms with Gasteiger partial charge in [0.2, 0.25) is 0 Å². The Labute approximate surface area is 532 Å². The molecule has 3 heterocycles. The van der Waals surface area contributed by atoms with Gasteiger partial charge in [0.25, 0.3) is 0 Å². The number of rotatable bonds is 11. The molecule has 0 saturated carbocycles. The fourth-order valence-electron chi connectivity index (χ4n) is 15.2. The van der Waals surface area contributed by atoms with Crippen LogP contribution >= 0.6 is 0 Å². The van der Waals surface area contributed by atoms with E-state index in [-0.39, 0.29) is 0 Å². The van der Waals surface area contributed by atoms with Crippen LogP contribution in [0.15, 0.2) is 317 Å². The highest BCUT2D eigenvalue weighted by Crippen LogP contribution is 2.65. The molecule has 0 N–H and O–H groups in total. The van der Waals surface area contributed by atoms with Crippen molar-refractivity contribution >= 4 is 128 Å². The van der Waals surface area contributed by atoms with Crippen LogP contribution < -0.4 is 14.7 Å². The third kappa shape index (κ3) is 8.00. The van der Waals surface area contributed by atoms with Gasteiger partial charge in [-0.05, 0) is 174 Å². The summed E-state index contributed by atoms with van der Waals surface area (Å²) < 4.78 is 21.6. The fraction of sp³-hybridized carbons (Fsp3) is 0.0465. The number of aryl methyl sites for hydroxylation is 3. The molecule has 0 fully saturated rings. The Morgan fingerprint density at radius 2 is 0.696 bits per heavy atom. The third-order valence-corrected chi connectivity index (χ3v) is 19.1. The number of nitrogens with zero attached hydrogens (tertiary/aromatic N) is 3. The maximum absolute atomic E-state index is 7.53. The second-order valence-corrected chi connectivity index (χ2v) is 24.5. The summed E-state index contributed by atoms with van der Waals surface area (Å²) in [5.41, 5.74) is 23.1. The predicted octanol–water partition coefficient (Wildman–Crippen LogP) is 24.2. The molecule has 1 unspecified atom stereocenters. The first-order chi connectivity index (χ1) is 45.4. The lowest BCUT2D eigenvalue weighted by Crippen LogP contribution is -2.30. The summed E-state index contributed by atoms with van der Waals surface area (Å²) >= 11 is 0. The van der Waals surface area contributed by atoms with Crippen molar-refractivity contribution in [1.29, 1.82) is 0 Å². The summed E-state index contributed by atoms with van der Waals surface area (Å²) in [4.78, 5) is 7.19. The van der Waals surface area contributed by atoms with Crippen molar-refractivity contribution in [3.05, 3.63) is 342 Å². The molecular formula is C86H59N3O3. The van der Waals surface area contributed by atoms with Crippen LogP contribution in [0.3, 0.4) is 0 Å². The Kier molecular flexibility index (Phi) is 12.1. The first kappa shape index (κ1) is 53.2. The average Bonchev–Trinajstić information content (AvgIpc) is 1.49. The Hall–Kier alpha value is -11.9. The van der Waals surface area contributed by atoms with Crippen LogP contribution in [0.25, 0.3) is 87.7 Å². The summed E-state index contributed by atoms with van der Waals surface area (Å²) in [5, 5.41) is 8.50. The van der Waals surface area contributed by atoms with E-state index in [0.29, 0.717) is 0 Å². The average molecular weight is 1180 g/mol. The standard InChI is InChI=1S/C86H59N3O3/c1-54-24-21-31-62(50-54)87(58-25-7-4-8-26-58)61-48-46-57(47-49-61)86(70-51-55(2)44-45-56(70)3)71-52-75(88(59-27-9-5-10-28-59)73-39-22-37-67-64-33-15-18-41-77(64)90-83(67)73)63-32-13-14-35-66(63)80(71)82-72(86)53-76(85-81(82)69-36-17-20-43-79(69)92-85)89(60-29-11-6-12-30-60)74-40-23-38-68-65-34-16-19-42-78(65)91-84(68)74/h4-53H,1-3H3. The Bertz CT molecular complexity index is 5770. The number of furan rings is 3. The Morgan fingerprint density at radius 1 is 0.261 bits per heavy atom. The first-order valence-corrected chi connectivity index (χ1v) is 31.6. The molecule has 17 aromatic rings. The number of para-hydroxylation sites is 8. The summed E-state index contributed by atoms with van der Waals surface area (Å²) in [5.74, 6) is 0. The maximum Gasteiger partial charge on any atom is 0.160 e. The van der Waals surface area contributed by atoms with Gasteiger partial charge in [-0.1, -0.05) is 206 Å². The Morgan fingerprint density at radius 3 is 1.29 bits per heavy atom. The highest BCUT2D eigenvalue weighted by molar-refractivity contribution is 6.25. The van der Waals surface area contributed by atoms with Crippen LogP contribution in [0.4, 0.5) is 51.2 Å². The number of hydrogen-bond donors (Lipinski definition) is 0. The van der Waals surface area contributed by atoms with Crippen molar-refractivity contribution in [2.45, 2.75) is 26.2 Å². The molecule has 3 aromatic heterocycles. The first-order valence-electron chi connectivity index (χ1n) is 31.6. The predicted molar refractivity (Wildman–Crippen MR) is 381 cm³/mol. The van der Waals surface area contributed by atoms with Gasteiger partial charge in [0.1, 0.15) is 16.7 Å². The molecule has 0 aliphatic heterocycles. The van der Waals surface area contributed by atoms with Gasteiger partial charge in [0.05, 0.1) is 28.2 Å². The van der Waals surface area contributed by atoms with E-state index < -0.39 is 5.41 Å². The van der Waals surface area contributed by atoms with Crippen molar-refractivity contribution in [2.24, 2.45) is 0 Å². The molecule has 436 valence electrons. The van der Waals surface area contributed by atoms with E-state index in [4.69, 9.17) is 13.3 Å². The van der Waals surface area contributed by atoms with Gasteiger partial charge in [-0.25, -0.2) is 0 Å². The molecule has 6 heteroatoms. The summed E-state index contributed by atoms with van der Waals surface area (Å²) in [6.07, 6.45) is 0. The second kappa shape index (κ2) is 20.9. The lowest BCUT2D eigenvalue weighted by molar-refractivity contribution is 0.666. The molecule has 14 aromatic carbocycles. The van der Waals surface area contributed by atoms with Crippen molar-refractivity contribution in [1.82, 2.24) is 0 Å². The Balaban J connectivity index is 1.02. The van der Waals surface area contributed by atoms with Gasteiger partial charge in [-0.15, -0.1) is 0 Å². The largest absolute Gasteiger partial charge is 0.454 e. The topological polar surface area (TPSA) is 49.1 Å². The number of hydrogen-bond acceptors (Lipinski definition) is 6. The molecule has 6 nitrogen and oxygen atoms in total. The van der Waals surface area contributed by atoms with E-state index in [9.17, 15) is 0 Å². The summed E-state index contributed by atoms with van der Waals surface area (Å²) in [7, 11) is 0. The van der Waals surface area contributed by atoms with Gasteiger partial charge in [-0.3, -0.25) is 0 Å². The monoisotopic (exact) mass is 1180 g/mol. The van der Waals surface area contributed by atoms with Gasteiger partial charge >= 0.3 is 0 Å². The van der Waals surface area contributed by atoms with Crippen LogP contribution in [0.2, 0.25) is 0 Å². The lowest BCUT2D eigenvalue weighted by atomic mass is 9.65. The molecule has 0 amide bonds. The summed E-state index contributed by atoms with van der Waals surface area (Å²) in [6.45, 7) is 6.69. The molecule has 0 bridgehead atoms. The molecule has 1 aliphatic rings. The smallest absolute Gasteiger partial charge is 0.160 e. The van der Waals surface area contributed by atoms with Crippen LogP contribution in [-0.2, 0) is 5.41 Å². The van der Waals surface area contributed by atoms with Crippen LogP contribution in [-0.4, -0.2) is 0 Å².